The van der Waals surface area contributed by atoms with Gasteiger partial charge in [0, 0.05) is 18.4 Å². The summed E-state index contributed by atoms with van der Waals surface area (Å²) in [6.45, 7) is 6.75. The highest BCUT2D eigenvalue weighted by molar-refractivity contribution is 6.33. The Hall–Kier alpha value is -1.09. The van der Waals surface area contributed by atoms with E-state index in [9.17, 15) is 4.79 Å². The Morgan fingerprint density at radius 2 is 2.05 bits per heavy atom. The summed E-state index contributed by atoms with van der Waals surface area (Å²) in [4.78, 5) is 16.3. The van der Waals surface area contributed by atoms with Gasteiger partial charge in [0.25, 0.3) is 5.91 Å². The number of hydrogen-bond donors (Lipinski definition) is 1. The first-order valence-electron chi connectivity index (χ1n) is 7.30. The molecule has 1 aliphatic rings. The average Bonchev–Trinajstić information content (AvgIpc) is 2.38. The first kappa shape index (κ1) is 15.3. The van der Waals surface area contributed by atoms with Crippen molar-refractivity contribution < 1.29 is 4.79 Å². The summed E-state index contributed by atoms with van der Waals surface area (Å²) < 4.78 is 0. The maximum atomic E-state index is 12.4. The van der Waals surface area contributed by atoms with Gasteiger partial charge in [-0.1, -0.05) is 45.2 Å². The molecule has 0 spiro atoms. The van der Waals surface area contributed by atoms with Gasteiger partial charge in [0.15, 0.2) is 0 Å². The maximum absolute atomic E-state index is 12.4. The minimum absolute atomic E-state index is 0.0847. The molecule has 2 rings (SSSR count). The van der Waals surface area contributed by atoms with Gasteiger partial charge < -0.3 is 5.32 Å². The zero-order valence-corrected chi connectivity index (χ0v) is 13.2. The van der Waals surface area contributed by atoms with Gasteiger partial charge in [-0.3, -0.25) is 9.78 Å². The van der Waals surface area contributed by atoms with Crippen LogP contribution in [0.3, 0.4) is 0 Å². The Morgan fingerprint density at radius 1 is 1.35 bits per heavy atom. The highest BCUT2D eigenvalue weighted by atomic mass is 35.5. The summed E-state index contributed by atoms with van der Waals surface area (Å²) in [5.74, 6) is 0.430. The van der Waals surface area contributed by atoms with Crippen molar-refractivity contribution >= 4 is 17.5 Å². The highest BCUT2D eigenvalue weighted by Gasteiger charge is 2.35. The van der Waals surface area contributed by atoms with Crippen LogP contribution in [0, 0.1) is 11.3 Å². The Bertz CT molecular complexity index is 482. The molecular formula is C16H23ClN2O. The number of pyridine rings is 1. The lowest BCUT2D eigenvalue weighted by molar-refractivity contribution is 0.0830. The number of amides is 1. The number of carbonyl (C=O) groups excluding carboxylic acids is 1. The number of nitrogens with zero attached hydrogens (tertiary/aromatic N) is 1. The van der Waals surface area contributed by atoms with Gasteiger partial charge >= 0.3 is 0 Å². The third-order valence-electron chi connectivity index (χ3n) is 4.21. The molecule has 4 heteroatoms. The van der Waals surface area contributed by atoms with Crippen LogP contribution < -0.4 is 5.32 Å². The van der Waals surface area contributed by atoms with E-state index in [2.05, 4.69) is 31.1 Å². The van der Waals surface area contributed by atoms with Crippen molar-refractivity contribution in [2.45, 2.75) is 52.5 Å². The topological polar surface area (TPSA) is 42.0 Å². The van der Waals surface area contributed by atoms with Crippen LogP contribution in [0.5, 0.6) is 0 Å². The van der Waals surface area contributed by atoms with Crippen molar-refractivity contribution in [3.05, 3.63) is 29.0 Å². The Morgan fingerprint density at radius 3 is 2.70 bits per heavy atom. The number of nitrogens with one attached hydrogen (secondary N) is 1. The number of hydrogen-bond acceptors (Lipinski definition) is 2. The monoisotopic (exact) mass is 294 g/mol. The molecule has 0 bridgehead atoms. The van der Waals surface area contributed by atoms with E-state index in [-0.39, 0.29) is 17.4 Å². The summed E-state index contributed by atoms with van der Waals surface area (Å²) in [6, 6.07) is 1.91. The van der Waals surface area contributed by atoms with Crippen molar-refractivity contribution in [3.63, 3.8) is 0 Å². The van der Waals surface area contributed by atoms with Gasteiger partial charge in [-0.05, 0) is 30.2 Å². The molecule has 1 aromatic rings. The van der Waals surface area contributed by atoms with E-state index >= 15 is 0 Å². The second-order valence-electron chi connectivity index (χ2n) is 6.69. The predicted octanol–water partition coefficient (Wildman–Crippen LogP) is 4.07. The minimum atomic E-state index is -0.0847. The fourth-order valence-corrected chi connectivity index (χ4v) is 3.35. The smallest absolute Gasteiger partial charge is 0.253 e. The summed E-state index contributed by atoms with van der Waals surface area (Å²) in [7, 11) is 0. The number of carbonyl (C=O) groups is 1. The molecule has 1 heterocycles. The molecule has 110 valence electrons. The second kappa shape index (κ2) is 6.13. The zero-order valence-electron chi connectivity index (χ0n) is 12.4. The molecule has 1 amide bonds. The molecule has 3 nitrogen and oxygen atoms in total. The van der Waals surface area contributed by atoms with Crippen molar-refractivity contribution in [2.75, 3.05) is 0 Å². The van der Waals surface area contributed by atoms with Crippen LogP contribution >= 0.6 is 11.6 Å². The average molecular weight is 295 g/mol. The Balaban J connectivity index is 2.11. The molecular weight excluding hydrogens is 272 g/mol. The van der Waals surface area contributed by atoms with Crippen molar-refractivity contribution in [1.29, 1.82) is 0 Å². The normalized spacial score (nSPS) is 23.4. The fraction of sp³-hybridized carbons (Fsp3) is 0.625. The van der Waals surface area contributed by atoms with E-state index in [1.54, 1.807) is 12.3 Å². The third kappa shape index (κ3) is 3.51. The summed E-state index contributed by atoms with van der Waals surface area (Å²) in [5.41, 5.74) is 0.723. The van der Waals surface area contributed by atoms with Crippen molar-refractivity contribution in [3.8, 4) is 0 Å². The van der Waals surface area contributed by atoms with Crippen LogP contribution in [0.4, 0.5) is 0 Å². The van der Waals surface area contributed by atoms with Crippen molar-refractivity contribution in [1.82, 2.24) is 10.3 Å². The molecule has 1 saturated carbocycles. The molecule has 0 saturated heterocycles. The minimum Gasteiger partial charge on any atom is -0.349 e. The van der Waals surface area contributed by atoms with E-state index in [0.717, 1.165) is 6.42 Å². The summed E-state index contributed by atoms with van der Waals surface area (Å²) in [6.07, 6.45) is 7.78. The molecule has 0 aliphatic heterocycles. The first-order valence-corrected chi connectivity index (χ1v) is 7.68. The molecule has 1 fully saturated rings. The van der Waals surface area contributed by atoms with Gasteiger partial charge in [0.1, 0.15) is 0 Å². The van der Waals surface area contributed by atoms with Gasteiger partial charge in [-0.15, -0.1) is 0 Å². The molecule has 0 radical (unpaired) electrons. The van der Waals surface area contributed by atoms with Gasteiger partial charge in [0.05, 0.1) is 10.6 Å². The Labute approximate surface area is 126 Å². The standard InChI is InChI=1S/C16H23ClN2O/c1-16(2,3)12-6-4-5-7-14(12)19-15(20)11-8-9-18-10-13(11)17/h8-10,12,14H,4-7H2,1-3H3,(H,19,20). The second-order valence-corrected chi connectivity index (χ2v) is 7.10. The lowest BCUT2D eigenvalue weighted by atomic mass is 9.69. The summed E-state index contributed by atoms with van der Waals surface area (Å²) in [5, 5.41) is 3.59. The number of aromatic nitrogens is 1. The summed E-state index contributed by atoms with van der Waals surface area (Å²) >= 11 is 6.04. The molecule has 0 aromatic carbocycles. The predicted molar refractivity (Wildman–Crippen MR) is 81.9 cm³/mol. The van der Waals surface area contributed by atoms with E-state index < -0.39 is 0 Å². The molecule has 1 N–H and O–H groups in total. The van der Waals surface area contributed by atoms with E-state index in [0.29, 0.717) is 16.5 Å². The zero-order chi connectivity index (χ0) is 14.8. The van der Waals surface area contributed by atoms with E-state index in [1.807, 2.05) is 0 Å². The van der Waals surface area contributed by atoms with Crippen LogP contribution in [0.25, 0.3) is 0 Å². The quantitative estimate of drug-likeness (QED) is 0.893. The van der Waals surface area contributed by atoms with Crippen LogP contribution in [-0.2, 0) is 0 Å². The highest BCUT2D eigenvalue weighted by Crippen LogP contribution is 2.38. The number of halogens is 1. The van der Waals surface area contributed by atoms with Gasteiger partial charge in [0.2, 0.25) is 0 Å². The van der Waals surface area contributed by atoms with Gasteiger partial charge in [-0.25, -0.2) is 0 Å². The SMILES string of the molecule is CC(C)(C)C1CCCCC1NC(=O)c1ccncc1Cl. The van der Waals surface area contributed by atoms with E-state index in [1.165, 1.54) is 25.5 Å². The van der Waals surface area contributed by atoms with E-state index in [4.69, 9.17) is 11.6 Å². The van der Waals surface area contributed by atoms with Crippen LogP contribution in [0.15, 0.2) is 18.5 Å². The van der Waals surface area contributed by atoms with Crippen LogP contribution in [0.2, 0.25) is 5.02 Å². The lowest BCUT2D eigenvalue weighted by Crippen LogP contribution is -2.46. The maximum Gasteiger partial charge on any atom is 0.253 e. The van der Waals surface area contributed by atoms with Crippen LogP contribution in [0.1, 0.15) is 56.8 Å². The molecule has 1 aliphatic carbocycles. The van der Waals surface area contributed by atoms with Crippen molar-refractivity contribution in [2.24, 2.45) is 11.3 Å². The Kier molecular flexibility index (Phi) is 4.69. The third-order valence-corrected chi connectivity index (χ3v) is 4.51. The molecule has 2 atom stereocenters. The molecule has 20 heavy (non-hydrogen) atoms. The first-order chi connectivity index (χ1) is 9.39. The fourth-order valence-electron chi connectivity index (χ4n) is 3.15. The molecule has 1 aromatic heterocycles. The largest absolute Gasteiger partial charge is 0.349 e. The number of rotatable bonds is 2. The van der Waals surface area contributed by atoms with Crippen LogP contribution in [-0.4, -0.2) is 16.9 Å². The van der Waals surface area contributed by atoms with Gasteiger partial charge in [-0.2, -0.15) is 0 Å². The lowest BCUT2D eigenvalue weighted by Gasteiger charge is -2.40. The molecule has 2 unspecified atom stereocenters.